The van der Waals surface area contributed by atoms with Crippen molar-refractivity contribution >= 4 is 0 Å². The molecular formula is C6H15N4O2-. The van der Waals surface area contributed by atoms with Gasteiger partial charge in [0.1, 0.15) is 0 Å². The fourth-order valence-electron chi connectivity index (χ4n) is 0.790. The smallest absolute Gasteiger partial charge is 0.0579 e. The minimum Gasteiger partial charge on any atom is -0.724 e. The summed E-state index contributed by atoms with van der Waals surface area (Å²) >= 11 is 0. The fraction of sp³-hybridized carbons (Fsp3) is 1.00. The number of nitrogens with zero attached hydrogens (tertiary/aromatic N) is 3. The first-order valence-electron chi connectivity index (χ1n) is 3.88. The summed E-state index contributed by atoms with van der Waals surface area (Å²) in [6, 6.07) is 0. The lowest BCUT2D eigenvalue weighted by molar-refractivity contribution is 0.0508. The molecule has 0 radical (unpaired) electrons. The maximum absolute atomic E-state index is 10.5. The van der Waals surface area contributed by atoms with Crippen molar-refractivity contribution < 1.29 is 0 Å². The van der Waals surface area contributed by atoms with E-state index in [1.807, 2.05) is 7.05 Å². The molecule has 0 saturated heterocycles. The summed E-state index contributed by atoms with van der Waals surface area (Å²) in [5, 5.41) is 17.0. The third kappa shape index (κ3) is 5.00. The third-order valence-electron chi connectivity index (χ3n) is 1.52. The van der Waals surface area contributed by atoms with Crippen LogP contribution in [0.4, 0.5) is 0 Å². The highest BCUT2D eigenvalue weighted by molar-refractivity contribution is 4.50. The zero-order valence-electron chi connectivity index (χ0n) is 7.49. The molecule has 0 heterocycles. The van der Waals surface area contributed by atoms with Gasteiger partial charge in [0.05, 0.1) is 5.29 Å². The minimum atomic E-state index is 0.0549. The number of rotatable bonds is 7. The van der Waals surface area contributed by atoms with Gasteiger partial charge in [0.2, 0.25) is 0 Å². The molecule has 0 atom stereocenters. The Bertz CT molecular complexity index is 122. The number of nitroso groups, excluding NO2 is 1. The van der Waals surface area contributed by atoms with Crippen LogP contribution in [0.1, 0.15) is 12.8 Å². The van der Waals surface area contributed by atoms with Gasteiger partial charge in [-0.3, -0.25) is 5.28 Å². The molecule has 0 aliphatic carbocycles. The Balaban J connectivity index is 3.30. The van der Waals surface area contributed by atoms with Crippen molar-refractivity contribution in [2.45, 2.75) is 12.8 Å². The number of hydrazine groups is 1. The maximum atomic E-state index is 10.5. The van der Waals surface area contributed by atoms with Gasteiger partial charge >= 0.3 is 0 Å². The van der Waals surface area contributed by atoms with E-state index in [1.165, 1.54) is 12.1 Å². The summed E-state index contributed by atoms with van der Waals surface area (Å²) < 4.78 is 0. The molecule has 0 unspecified atom stereocenters. The van der Waals surface area contributed by atoms with Gasteiger partial charge in [0.15, 0.2) is 0 Å². The van der Waals surface area contributed by atoms with Crippen molar-refractivity contribution in [3.8, 4) is 0 Å². The first-order valence-corrected chi connectivity index (χ1v) is 3.88. The molecule has 12 heavy (non-hydrogen) atoms. The molecule has 0 aromatic heterocycles. The molecule has 0 amide bonds. The Kier molecular flexibility index (Phi) is 6.54. The van der Waals surface area contributed by atoms with E-state index in [0.29, 0.717) is 6.54 Å². The lowest BCUT2D eigenvalue weighted by atomic mass is 10.3. The zero-order valence-corrected chi connectivity index (χ0v) is 7.49. The SMILES string of the molecule is CNCCCCN(C)N([O-])N=O. The minimum absolute atomic E-state index is 0.0549. The zero-order chi connectivity index (χ0) is 9.40. The van der Waals surface area contributed by atoms with Crippen LogP contribution in [0.25, 0.3) is 0 Å². The second-order valence-corrected chi connectivity index (χ2v) is 2.53. The quantitative estimate of drug-likeness (QED) is 0.342. The highest BCUT2D eigenvalue weighted by Crippen LogP contribution is 1.96. The third-order valence-corrected chi connectivity index (χ3v) is 1.52. The topological polar surface area (TPSA) is 71.0 Å². The number of nitrogens with one attached hydrogen (secondary N) is 1. The van der Waals surface area contributed by atoms with Gasteiger partial charge in [-0.1, -0.05) is 0 Å². The largest absolute Gasteiger partial charge is 0.724 e. The van der Waals surface area contributed by atoms with Crippen molar-refractivity contribution in [3.05, 3.63) is 10.1 Å². The van der Waals surface area contributed by atoms with Crippen molar-refractivity contribution in [2.75, 3.05) is 27.2 Å². The van der Waals surface area contributed by atoms with E-state index in [1.54, 1.807) is 0 Å². The van der Waals surface area contributed by atoms with Gasteiger partial charge in [-0.25, -0.2) is 5.01 Å². The summed E-state index contributed by atoms with van der Waals surface area (Å²) in [7, 11) is 3.41. The van der Waals surface area contributed by atoms with Crippen molar-refractivity contribution in [1.82, 2.24) is 15.6 Å². The van der Waals surface area contributed by atoms with Gasteiger partial charge in [-0.2, -0.15) is 0 Å². The van der Waals surface area contributed by atoms with E-state index in [0.717, 1.165) is 19.4 Å². The molecule has 72 valence electrons. The van der Waals surface area contributed by atoms with Crippen LogP contribution >= 0.6 is 0 Å². The lowest BCUT2D eigenvalue weighted by Crippen LogP contribution is -2.31. The van der Waals surface area contributed by atoms with Crippen LogP contribution in [0.3, 0.4) is 0 Å². The Labute approximate surface area is 72.0 Å². The average molecular weight is 175 g/mol. The van der Waals surface area contributed by atoms with E-state index in [9.17, 15) is 10.1 Å². The average Bonchev–Trinajstić information content (AvgIpc) is 2.10. The van der Waals surface area contributed by atoms with Gasteiger partial charge in [0.25, 0.3) is 0 Å². The number of hydrogen-bond donors (Lipinski definition) is 1. The molecule has 0 aromatic carbocycles. The van der Waals surface area contributed by atoms with E-state index >= 15 is 0 Å². The van der Waals surface area contributed by atoms with E-state index in [-0.39, 0.29) is 5.28 Å². The van der Waals surface area contributed by atoms with Crippen LogP contribution in [-0.2, 0) is 0 Å². The van der Waals surface area contributed by atoms with Crippen LogP contribution in [0.2, 0.25) is 0 Å². The molecular weight excluding hydrogens is 160 g/mol. The molecule has 0 saturated carbocycles. The Morgan fingerprint density at radius 1 is 1.50 bits per heavy atom. The predicted molar refractivity (Wildman–Crippen MR) is 46.8 cm³/mol. The summed E-state index contributed by atoms with van der Waals surface area (Å²) in [5.74, 6) is 0. The van der Waals surface area contributed by atoms with Gasteiger partial charge in [0, 0.05) is 13.6 Å². The second-order valence-electron chi connectivity index (χ2n) is 2.53. The summed E-state index contributed by atoms with van der Waals surface area (Å²) in [6.07, 6.45) is 1.85. The van der Waals surface area contributed by atoms with E-state index in [4.69, 9.17) is 0 Å². The standard InChI is InChI=1S/C6H15N4O2/c1-7-5-3-4-6-9(2)10(12)8-11/h7H,3-6H2,1-2H3/q-1. The summed E-state index contributed by atoms with van der Waals surface area (Å²) in [5.41, 5.74) is 0. The van der Waals surface area contributed by atoms with Crippen molar-refractivity contribution in [2.24, 2.45) is 5.29 Å². The van der Waals surface area contributed by atoms with Gasteiger partial charge < -0.3 is 10.5 Å². The van der Waals surface area contributed by atoms with Crippen LogP contribution in [0, 0.1) is 10.1 Å². The molecule has 0 aliphatic rings. The number of hydrogen-bond acceptors (Lipinski definition) is 5. The Morgan fingerprint density at radius 2 is 2.17 bits per heavy atom. The van der Waals surface area contributed by atoms with Crippen LogP contribution in [0.15, 0.2) is 5.29 Å². The van der Waals surface area contributed by atoms with Crippen LogP contribution in [-0.4, -0.2) is 37.5 Å². The molecule has 0 bridgehead atoms. The van der Waals surface area contributed by atoms with Gasteiger partial charge in [-0.05, 0) is 26.4 Å². The molecule has 0 spiro atoms. The Hall–Kier alpha value is -0.720. The highest BCUT2D eigenvalue weighted by Gasteiger charge is 1.97. The normalized spacial score (nSPS) is 10.3. The lowest BCUT2D eigenvalue weighted by Gasteiger charge is -2.30. The predicted octanol–water partition coefficient (Wildman–Crippen LogP) is 0.314. The summed E-state index contributed by atoms with van der Waals surface area (Å²) in [6.45, 7) is 1.47. The number of unbranched alkanes of at least 4 members (excludes halogenated alkanes) is 1. The molecule has 6 heteroatoms. The van der Waals surface area contributed by atoms with E-state index in [2.05, 4.69) is 10.6 Å². The molecule has 0 rings (SSSR count). The molecule has 6 nitrogen and oxygen atoms in total. The first-order chi connectivity index (χ1) is 5.72. The maximum Gasteiger partial charge on any atom is 0.0579 e. The monoisotopic (exact) mass is 175 g/mol. The molecule has 0 aliphatic heterocycles. The Morgan fingerprint density at radius 3 is 2.67 bits per heavy atom. The molecule has 0 aromatic rings. The van der Waals surface area contributed by atoms with Crippen molar-refractivity contribution in [3.63, 3.8) is 0 Å². The van der Waals surface area contributed by atoms with Crippen molar-refractivity contribution in [1.29, 1.82) is 0 Å². The molecule has 0 fully saturated rings. The molecule has 1 N–H and O–H groups in total. The first kappa shape index (κ1) is 11.3. The van der Waals surface area contributed by atoms with Gasteiger partial charge in [-0.15, -0.1) is 4.91 Å². The highest BCUT2D eigenvalue weighted by atomic mass is 16.6. The fourth-order valence-corrected chi connectivity index (χ4v) is 0.790. The van der Waals surface area contributed by atoms with Crippen LogP contribution in [0.5, 0.6) is 0 Å². The van der Waals surface area contributed by atoms with Crippen LogP contribution < -0.4 is 5.32 Å². The van der Waals surface area contributed by atoms with E-state index < -0.39 is 0 Å². The second kappa shape index (κ2) is 6.96. The summed E-state index contributed by atoms with van der Waals surface area (Å²) in [4.78, 5) is 9.74.